The lowest BCUT2D eigenvalue weighted by atomic mass is 9.88. The van der Waals surface area contributed by atoms with Crippen LogP contribution in [0.25, 0.3) is 0 Å². The van der Waals surface area contributed by atoms with Crippen molar-refractivity contribution in [3.63, 3.8) is 0 Å². The van der Waals surface area contributed by atoms with Crippen LogP contribution in [0.3, 0.4) is 0 Å². The Hall–Kier alpha value is -1.38. The molecule has 0 aromatic heterocycles. The molecule has 0 aliphatic heterocycles. The summed E-state index contributed by atoms with van der Waals surface area (Å²) in [6.07, 6.45) is 0. The number of nitrogens with one attached hydrogen (secondary N) is 1. The van der Waals surface area contributed by atoms with Gasteiger partial charge in [0, 0.05) is 0 Å². The Morgan fingerprint density at radius 3 is 2.11 bits per heavy atom. The fourth-order valence-corrected chi connectivity index (χ4v) is 2.68. The van der Waals surface area contributed by atoms with Gasteiger partial charge in [0.15, 0.2) is 0 Å². The van der Waals surface area contributed by atoms with Crippen molar-refractivity contribution in [3.8, 4) is 6.07 Å². The minimum Gasteiger partial charge on any atom is -0.207 e. The minimum absolute atomic E-state index is 0.178. The summed E-state index contributed by atoms with van der Waals surface area (Å²) in [6, 6.07) is 7.76. The molecule has 0 aliphatic rings. The third-order valence-electron chi connectivity index (χ3n) is 2.60. The second-order valence-electron chi connectivity index (χ2n) is 5.36. The lowest BCUT2D eigenvalue weighted by Crippen LogP contribution is -2.42. The molecule has 0 spiro atoms. The van der Waals surface area contributed by atoms with E-state index in [1.807, 2.05) is 33.8 Å². The number of hydrogen-bond acceptors (Lipinski definition) is 3. The summed E-state index contributed by atoms with van der Waals surface area (Å²) in [6.45, 7) is 7.34. The van der Waals surface area contributed by atoms with Gasteiger partial charge in [-0.15, -0.1) is 0 Å². The second-order valence-corrected chi connectivity index (χ2v) is 7.08. The highest BCUT2D eigenvalue weighted by atomic mass is 32.2. The van der Waals surface area contributed by atoms with Crippen LogP contribution in [0.4, 0.5) is 0 Å². The van der Waals surface area contributed by atoms with Gasteiger partial charge in [-0.05, 0) is 24.5 Å². The van der Waals surface area contributed by atoms with Gasteiger partial charge in [-0.1, -0.05) is 38.5 Å². The van der Waals surface area contributed by atoms with Crippen molar-refractivity contribution in [2.45, 2.75) is 38.6 Å². The van der Waals surface area contributed by atoms with Crippen LogP contribution < -0.4 is 4.72 Å². The lowest BCUT2D eigenvalue weighted by molar-refractivity contribution is 0.350. The SMILES string of the molecule is Cc1ccc(S(=O)(=O)N[C@@H](C#N)C(C)(C)C)cc1. The maximum atomic E-state index is 12.1. The van der Waals surface area contributed by atoms with Crippen LogP contribution in [0.2, 0.25) is 0 Å². The van der Waals surface area contributed by atoms with Gasteiger partial charge in [0.25, 0.3) is 0 Å². The number of hydrogen-bond donors (Lipinski definition) is 1. The van der Waals surface area contributed by atoms with E-state index in [4.69, 9.17) is 5.26 Å². The molecule has 0 fully saturated rings. The number of benzene rings is 1. The summed E-state index contributed by atoms with van der Waals surface area (Å²) in [7, 11) is -3.64. The first-order chi connectivity index (χ1) is 8.16. The normalized spacial score (nSPS) is 13.9. The molecular weight excluding hydrogens is 248 g/mol. The van der Waals surface area contributed by atoms with Gasteiger partial charge < -0.3 is 0 Å². The van der Waals surface area contributed by atoms with Gasteiger partial charge in [0.1, 0.15) is 6.04 Å². The molecule has 0 unspecified atom stereocenters. The Bertz CT molecular complexity index is 548. The molecule has 0 saturated heterocycles. The maximum Gasteiger partial charge on any atom is 0.241 e. The molecule has 1 aromatic rings. The predicted molar refractivity (Wildman–Crippen MR) is 70.4 cm³/mol. The number of aryl methyl sites for hydroxylation is 1. The van der Waals surface area contributed by atoms with Crippen molar-refractivity contribution in [1.29, 1.82) is 5.26 Å². The second kappa shape index (κ2) is 5.09. The number of nitrogens with zero attached hydrogens (tertiary/aromatic N) is 1. The van der Waals surface area contributed by atoms with Crippen LogP contribution in [-0.4, -0.2) is 14.5 Å². The first-order valence-corrected chi connectivity index (χ1v) is 7.14. The number of rotatable bonds is 3. The Morgan fingerprint density at radius 2 is 1.72 bits per heavy atom. The van der Waals surface area contributed by atoms with Crippen LogP contribution in [0.15, 0.2) is 29.2 Å². The van der Waals surface area contributed by atoms with Crippen molar-refractivity contribution >= 4 is 10.0 Å². The van der Waals surface area contributed by atoms with Gasteiger partial charge in [-0.25, -0.2) is 8.42 Å². The Morgan fingerprint density at radius 1 is 1.22 bits per heavy atom. The van der Waals surface area contributed by atoms with E-state index >= 15 is 0 Å². The third-order valence-corrected chi connectivity index (χ3v) is 4.04. The van der Waals surface area contributed by atoms with Gasteiger partial charge in [0.2, 0.25) is 10.0 Å². The first kappa shape index (κ1) is 14.7. The van der Waals surface area contributed by atoms with Crippen LogP contribution in [-0.2, 0) is 10.0 Å². The standard InChI is InChI=1S/C13H18N2O2S/c1-10-5-7-11(8-6-10)18(16,17)15-12(9-14)13(2,3)4/h5-8,12,15H,1-4H3/t12-/m0/s1. The fraction of sp³-hybridized carbons (Fsp3) is 0.462. The Balaban J connectivity index is 3.03. The maximum absolute atomic E-state index is 12.1. The van der Waals surface area contributed by atoms with Crippen molar-refractivity contribution < 1.29 is 8.42 Å². The molecule has 1 atom stereocenters. The van der Waals surface area contributed by atoms with Crippen LogP contribution in [0.1, 0.15) is 26.3 Å². The molecule has 0 bridgehead atoms. The molecule has 18 heavy (non-hydrogen) atoms. The van der Waals surface area contributed by atoms with E-state index in [0.29, 0.717) is 0 Å². The molecule has 1 N–H and O–H groups in total. The monoisotopic (exact) mass is 266 g/mol. The molecule has 4 nitrogen and oxygen atoms in total. The molecule has 0 radical (unpaired) electrons. The van der Waals surface area contributed by atoms with Crippen LogP contribution >= 0.6 is 0 Å². The number of sulfonamides is 1. The molecular formula is C13H18N2O2S. The summed E-state index contributed by atoms with van der Waals surface area (Å²) >= 11 is 0. The minimum atomic E-state index is -3.64. The molecule has 1 aromatic carbocycles. The summed E-state index contributed by atoms with van der Waals surface area (Å²) in [4.78, 5) is 0.178. The summed E-state index contributed by atoms with van der Waals surface area (Å²) in [5.41, 5.74) is 0.536. The van der Waals surface area contributed by atoms with Crippen LogP contribution in [0, 0.1) is 23.7 Å². The van der Waals surface area contributed by atoms with Crippen molar-refractivity contribution in [3.05, 3.63) is 29.8 Å². The van der Waals surface area contributed by atoms with Gasteiger partial charge >= 0.3 is 0 Å². The topological polar surface area (TPSA) is 70.0 Å². The van der Waals surface area contributed by atoms with E-state index in [2.05, 4.69) is 4.72 Å². The quantitative estimate of drug-likeness (QED) is 0.911. The predicted octanol–water partition coefficient (Wildman–Crippen LogP) is 2.21. The largest absolute Gasteiger partial charge is 0.241 e. The van der Waals surface area contributed by atoms with Crippen LogP contribution in [0.5, 0.6) is 0 Å². The average molecular weight is 266 g/mol. The van der Waals surface area contributed by atoms with E-state index in [9.17, 15) is 8.42 Å². The molecule has 0 saturated carbocycles. The van der Waals surface area contributed by atoms with E-state index < -0.39 is 21.5 Å². The van der Waals surface area contributed by atoms with Crippen molar-refractivity contribution in [2.75, 3.05) is 0 Å². The third kappa shape index (κ3) is 3.56. The summed E-state index contributed by atoms with van der Waals surface area (Å²) in [5.74, 6) is 0. The van der Waals surface area contributed by atoms with E-state index in [-0.39, 0.29) is 4.90 Å². The zero-order chi connectivity index (χ0) is 14.0. The van der Waals surface area contributed by atoms with Gasteiger partial charge in [-0.2, -0.15) is 9.98 Å². The van der Waals surface area contributed by atoms with E-state index in [1.54, 1.807) is 12.1 Å². The molecule has 0 amide bonds. The Kier molecular flexibility index (Phi) is 4.15. The lowest BCUT2D eigenvalue weighted by Gasteiger charge is -2.25. The molecule has 5 heteroatoms. The summed E-state index contributed by atoms with van der Waals surface area (Å²) < 4.78 is 26.6. The summed E-state index contributed by atoms with van der Waals surface area (Å²) in [5, 5.41) is 9.04. The van der Waals surface area contributed by atoms with Gasteiger partial charge in [0.05, 0.1) is 11.0 Å². The first-order valence-electron chi connectivity index (χ1n) is 5.65. The fourth-order valence-electron chi connectivity index (χ4n) is 1.34. The highest BCUT2D eigenvalue weighted by molar-refractivity contribution is 7.89. The molecule has 0 aliphatic carbocycles. The molecule has 0 heterocycles. The van der Waals surface area contributed by atoms with Crippen molar-refractivity contribution in [2.24, 2.45) is 5.41 Å². The zero-order valence-electron chi connectivity index (χ0n) is 11.1. The average Bonchev–Trinajstić information content (AvgIpc) is 2.25. The Labute approximate surface area is 109 Å². The number of nitriles is 1. The molecule has 98 valence electrons. The van der Waals surface area contributed by atoms with Crippen molar-refractivity contribution in [1.82, 2.24) is 4.72 Å². The van der Waals surface area contributed by atoms with Gasteiger partial charge in [-0.3, -0.25) is 0 Å². The smallest absolute Gasteiger partial charge is 0.207 e. The van der Waals surface area contributed by atoms with E-state index in [0.717, 1.165) is 5.56 Å². The van der Waals surface area contributed by atoms with E-state index in [1.165, 1.54) is 12.1 Å². The molecule has 1 rings (SSSR count). The highest BCUT2D eigenvalue weighted by Gasteiger charge is 2.29. The highest BCUT2D eigenvalue weighted by Crippen LogP contribution is 2.21. The zero-order valence-corrected chi connectivity index (χ0v) is 11.9.